The first kappa shape index (κ1) is 23.5. The van der Waals surface area contributed by atoms with Crippen LogP contribution in [-0.4, -0.2) is 58.4 Å². The zero-order valence-electron chi connectivity index (χ0n) is 19.0. The fraction of sp³-hybridized carbons (Fsp3) is 0.500. The van der Waals surface area contributed by atoms with E-state index < -0.39 is 6.10 Å². The quantitative estimate of drug-likeness (QED) is 0.489. The molecule has 2 aliphatic rings. The number of rotatable bonds is 8. The SMILES string of the molecule is O=C(COc1ccc2c(c1)C[C@@H](NCC(O)c1ccc(O)c(CO)c1)CC2)N1CCCCC1. The summed E-state index contributed by atoms with van der Waals surface area (Å²) in [5, 5.41) is 33.0. The molecule has 0 aromatic heterocycles. The van der Waals surface area contributed by atoms with Gasteiger partial charge in [0.05, 0.1) is 12.7 Å². The summed E-state index contributed by atoms with van der Waals surface area (Å²) in [6.07, 6.45) is 5.37. The van der Waals surface area contributed by atoms with Crippen LogP contribution in [0.5, 0.6) is 11.5 Å². The van der Waals surface area contributed by atoms with Gasteiger partial charge in [0.2, 0.25) is 0 Å². The van der Waals surface area contributed by atoms with Crippen molar-refractivity contribution in [2.24, 2.45) is 0 Å². The standard InChI is InChI=1S/C26H34N2O5/c29-16-21-12-19(6-9-24(21)30)25(31)15-27-22-7-4-18-5-8-23(14-20(18)13-22)33-17-26(32)28-10-2-1-3-11-28/h5-6,8-9,12,14,22,25,27,29-31H,1-4,7,10-11,13,15-17H2/t22-,25?/m0/s1. The Morgan fingerprint density at radius 2 is 1.94 bits per heavy atom. The van der Waals surface area contributed by atoms with Crippen molar-refractivity contribution in [3.8, 4) is 11.5 Å². The lowest BCUT2D eigenvalue weighted by Crippen LogP contribution is -2.38. The van der Waals surface area contributed by atoms with Gasteiger partial charge in [0.25, 0.3) is 5.91 Å². The number of ether oxygens (including phenoxy) is 1. The van der Waals surface area contributed by atoms with Gasteiger partial charge in [-0.25, -0.2) is 0 Å². The number of likely N-dealkylation sites (tertiary alicyclic amines) is 1. The maximum absolute atomic E-state index is 12.4. The largest absolute Gasteiger partial charge is 0.508 e. The van der Waals surface area contributed by atoms with E-state index in [1.807, 2.05) is 17.0 Å². The number of aromatic hydroxyl groups is 1. The fourth-order valence-electron chi connectivity index (χ4n) is 4.71. The topological polar surface area (TPSA) is 102 Å². The maximum atomic E-state index is 12.4. The van der Waals surface area contributed by atoms with Crippen molar-refractivity contribution in [3.63, 3.8) is 0 Å². The molecule has 0 bridgehead atoms. The Kier molecular flexibility index (Phi) is 7.85. The Labute approximate surface area is 195 Å². The Morgan fingerprint density at radius 3 is 2.73 bits per heavy atom. The summed E-state index contributed by atoms with van der Waals surface area (Å²) in [6, 6.07) is 11.1. The number of phenols is 1. The minimum atomic E-state index is -0.729. The summed E-state index contributed by atoms with van der Waals surface area (Å²) in [6.45, 7) is 1.85. The lowest BCUT2D eigenvalue weighted by Gasteiger charge is -2.28. The van der Waals surface area contributed by atoms with Gasteiger partial charge in [-0.15, -0.1) is 0 Å². The third kappa shape index (κ3) is 6.05. The molecular weight excluding hydrogens is 420 g/mol. The molecule has 0 radical (unpaired) electrons. The number of hydrogen-bond donors (Lipinski definition) is 4. The zero-order chi connectivity index (χ0) is 23.2. The molecule has 1 heterocycles. The summed E-state index contributed by atoms with van der Waals surface area (Å²) in [5.41, 5.74) is 3.58. The molecule has 1 aliphatic carbocycles. The van der Waals surface area contributed by atoms with Crippen LogP contribution < -0.4 is 10.1 Å². The van der Waals surface area contributed by atoms with E-state index in [0.29, 0.717) is 17.7 Å². The second-order valence-electron chi connectivity index (χ2n) is 9.07. The molecule has 0 spiro atoms. The van der Waals surface area contributed by atoms with Crippen molar-refractivity contribution in [3.05, 3.63) is 58.7 Å². The highest BCUT2D eigenvalue weighted by Gasteiger charge is 2.21. The lowest BCUT2D eigenvalue weighted by molar-refractivity contribution is -0.134. The molecule has 1 unspecified atom stereocenters. The van der Waals surface area contributed by atoms with E-state index >= 15 is 0 Å². The smallest absolute Gasteiger partial charge is 0.260 e. The van der Waals surface area contributed by atoms with Crippen molar-refractivity contribution in [1.29, 1.82) is 0 Å². The minimum Gasteiger partial charge on any atom is -0.508 e. The molecule has 4 N–H and O–H groups in total. The highest BCUT2D eigenvalue weighted by molar-refractivity contribution is 5.77. The van der Waals surface area contributed by atoms with Gasteiger partial charge >= 0.3 is 0 Å². The van der Waals surface area contributed by atoms with Gasteiger partial charge in [0, 0.05) is 31.2 Å². The fourth-order valence-corrected chi connectivity index (χ4v) is 4.71. The van der Waals surface area contributed by atoms with Crippen molar-refractivity contribution in [2.45, 2.75) is 57.3 Å². The van der Waals surface area contributed by atoms with Crippen LogP contribution in [0.4, 0.5) is 0 Å². The van der Waals surface area contributed by atoms with Gasteiger partial charge in [-0.05, 0) is 79.5 Å². The number of aryl methyl sites for hydroxylation is 1. The van der Waals surface area contributed by atoms with E-state index in [0.717, 1.165) is 50.9 Å². The number of nitrogens with one attached hydrogen (secondary N) is 1. The number of benzene rings is 2. The molecule has 1 saturated heterocycles. The monoisotopic (exact) mass is 454 g/mol. The van der Waals surface area contributed by atoms with Crippen LogP contribution in [0.25, 0.3) is 0 Å². The van der Waals surface area contributed by atoms with E-state index in [1.165, 1.54) is 23.6 Å². The van der Waals surface area contributed by atoms with Gasteiger partial charge in [-0.2, -0.15) is 0 Å². The molecule has 178 valence electrons. The highest BCUT2D eigenvalue weighted by Crippen LogP contribution is 2.27. The van der Waals surface area contributed by atoms with Gasteiger partial charge in [0.15, 0.2) is 6.61 Å². The average molecular weight is 455 g/mol. The Morgan fingerprint density at radius 1 is 1.12 bits per heavy atom. The number of hydrogen-bond acceptors (Lipinski definition) is 6. The van der Waals surface area contributed by atoms with Crippen LogP contribution in [0.2, 0.25) is 0 Å². The van der Waals surface area contributed by atoms with E-state index in [1.54, 1.807) is 12.1 Å². The Bertz CT molecular complexity index is 958. The van der Waals surface area contributed by atoms with E-state index in [9.17, 15) is 20.1 Å². The van der Waals surface area contributed by atoms with Crippen molar-refractivity contribution < 1.29 is 24.9 Å². The summed E-state index contributed by atoms with van der Waals surface area (Å²) in [5.74, 6) is 0.806. The van der Waals surface area contributed by atoms with Crippen molar-refractivity contribution in [1.82, 2.24) is 10.2 Å². The second kappa shape index (κ2) is 11.0. The van der Waals surface area contributed by atoms with Crippen LogP contribution in [0.3, 0.4) is 0 Å². The summed E-state index contributed by atoms with van der Waals surface area (Å²) in [4.78, 5) is 14.3. The number of fused-ring (bicyclic) bond motifs is 1. The number of aliphatic hydroxyl groups excluding tert-OH is 2. The molecule has 1 fully saturated rings. The number of carbonyl (C=O) groups excluding carboxylic acids is 1. The van der Waals surface area contributed by atoms with Crippen LogP contribution >= 0.6 is 0 Å². The van der Waals surface area contributed by atoms with Crippen molar-refractivity contribution in [2.75, 3.05) is 26.2 Å². The molecule has 2 atom stereocenters. The first-order valence-electron chi connectivity index (χ1n) is 11.9. The van der Waals surface area contributed by atoms with Crippen LogP contribution in [0, 0.1) is 0 Å². The molecule has 33 heavy (non-hydrogen) atoms. The molecule has 7 heteroatoms. The number of nitrogens with zero attached hydrogens (tertiary/aromatic N) is 1. The number of aliphatic hydroxyl groups is 2. The third-order valence-electron chi connectivity index (χ3n) is 6.74. The maximum Gasteiger partial charge on any atom is 0.260 e. The van der Waals surface area contributed by atoms with Crippen molar-refractivity contribution >= 4 is 5.91 Å². The third-order valence-corrected chi connectivity index (χ3v) is 6.74. The molecule has 7 nitrogen and oxygen atoms in total. The van der Waals surface area contributed by atoms with Gasteiger partial charge in [0.1, 0.15) is 11.5 Å². The Hall–Kier alpha value is -2.61. The molecule has 2 aromatic rings. The minimum absolute atomic E-state index is 0.0287. The van der Waals surface area contributed by atoms with E-state index in [4.69, 9.17) is 4.74 Å². The van der Waals surface area contributed by atoms with Gasteiger partial charge < -0.3 is 30.3 Å². The molecule has 0 saturated carbocycles. The predicted octanol–water partition coefficient (Wildman–Crippen LogP) is 2.46. The number of carbonyl (C=O) groups is 1. The lowest BCUT2D eigenvalue weighted by atomic mass is 9.88. The molecule has 1 aliphatic heterocycles. The highest BCUT2D eigenvalue weighted by atomic mass is 16.5. The van der Waals surface area contributed by atoms with Crippen LogP contribution in [-0.2, 0) is 24.2 Å². The second-order valence-corrected chi connectivity index (χ2v) is 9.07. The molecular formula is C26H34N2O5. The van der Waals surface area contributed by atoms with E-state index in [-0.39, 0.29) is 30.9 Å². The molecule has 4 rings (SSSR count). The first-order chi connectivity index (χ1) is 16.0. The van der Waals surface area contributed by atoms with Gasteiger partial charge in [-0.3, -0.25) is 4.79 Å². The normalized spacial score (nSPS) is 19.1. The predicted molar refractivity (Wildman–Crippen MR) is 125 cm³/mol. The zero-order valence-corrected chi connectivity index (χ0v) is 19.0. The van der Waals surface area contributed by atoms with Crippen LogP contribution in [0.1, 0.15) is 54.0 Å². The first-order valence-corrected chi connectivity index (χ1v) is 11.9. The summed E-state index contributed by atoms with van der Waals surface area (Å²) >= 11 is 0. The van der Waals surface area contributed by atoms with Crippen LogP contribution in [0.15, 0.2) is 36.4 Å². The molecule has 1 amide bonds. The number of amides is 1. The van der Waals surface area contributed by atoms with Gasteiger partial charge in [-0.1, -0.05) is 12.1 Å². The molecule has 2 aromatic carbocycles. The van der Waals surface area contributed by atoms with E-state index in [2.05, 4.69) is 11.4 Å². The summed E-state index contributed by atoms with van der Waals surface area (Å²) in [7, 11) is 0. The number of piperidine rings is 1. The Balaban J connectivity index is 1.29. The summed E-state index contributed by atoms with van der Waals surface area (Å²) < 4.78 is 5.82. The average Bonchev–Trinajstić information content (AvgIpc) is 2.86.